The normalized spacial score (nSPS) is 12.1. The first-order valence-corrected chi connectivity index (χ1v) is 4.59. The van der Waals surface area contributed by atoms with Gasteiger partial charge < -0.3 is 10.8 Å². The number of ketones is 1. The van der Waals surface area contributed by atoms with E-state index in [1.807, 2.05) is 13.0 Å². The van der Waals surface area contributed by atoms with Crippen LogP contribution in [0.25, 0.3) is 0 Å². The van der Waals surface area contributed by atoms with Crippen molar-refractivity contribution in [3.63, 3.8) is 0 Å². The maximum absolute atomic E-state index is 11.6. The van der Waals surface area contributed by atoms with Crippen LogP contribution in [-0.4, -0.2) is 22.9 Å². The molecular formula is C11H13NO3. The first-order valence-electron chi connectivity index (χ1n) is 4.59. The molecule has 4 nitrogen and oxygen atoms in total. The second-order valence-corrected chi connectivity index (χ2v) is 3.44. The largest absolute Gasteiger partial charge is 0.481 e. The van der Waals surface area contributed by atoms with Crippen molar-refractivity contribution in [2.75, 3.05) is 0 Å². The molecule has 0 saturated heterocycles. The van der Waals surface area contributed by atoms with E-state index < -0.39 is 12.0 Å². The van der Waals surface area contributed by atoms with Gasteiger partial charge in [0.2, 0.25) is 0 Å². The number of carboxylic acids is 1. The summed E-state index contributed by atoms with van der Waals surface area (Å²) < 4.78 is 0. The van der Waals surface area contributed by atoms with Crippen LogP contribution in [-0.2, 0) is 4.79 Å². The van der Waals surface area contributed by atoms with Gasteiger partial charge in [-0.25, -0.2) is 0 Å². The number of benzene rings is 1. The number of carboxylic acid groups (broad SMARTS) is 1. The average molecular weight is 207 g/mol. The highest BCUT2D eigenvalue weighted by molar-refractivity contribution is 6.01. The number of rotatable bonds is 4. The van der Waals surface area contributed by atoms with Gasteiger partial charge in [0.05, 0.1) is 12.5 Å². The third kappa shape index (κ3) is 3.18. The van der Waals surface area contributed by atoms with E-state index in [1.54, 1.807) is 18.2 Å². The van der Waals surface area contributed by atoms with E-state index in [-0.39, 0.29) is 12.2 Å². The number of nitrogens with two attached hydrogens (primary N) is 1. The molecule has 0 radical (unpaired) electrons. The number of aryl methyl sites for hydroxylation is 1. The van der Waals surface area contributed by atoms with E-state index in [2.05, 4.69) is 0 Å². The van der Waals surface area contributed by atoms with Crippen LogP contribution in [0.1, 0.15) is 22.3 Å². The van der Waals surface area contributed by atoms with Crippen LogP contribution in [0, 0.1) is 6.92 Å². The van der Waals surface area contributed by atoms with E-state index in [9.17, 15) is 9.59 Å². The minimum atomic E-state index is -1.07. The average Bonchev–Trinajstić information content (AvgIpc) is 2.15. The van der Waals surface area contributed by atoms with Gasteiger partial charge in [-0.1, -0.05) is 23.8 Å². The van der Waals surface area contributed by atoms with Crippen LogP contribution in [0.5, 0.6) is 0 Å². The molecule has 0 aliphatic carbocycles. The lowest BCUT2D eigenvalue weighted by atomic mass is 10.0. The van der Waals surface area contributed by atoms with Crippen molar-refractivity contribution in [2.24, 2.45) is 5.73 Å². The molecule has 1 unspecified atom stereocenters. The zero-order valence-corrected chi connectivity index (χ0v) is 8.43. The molecule has 0 bridgehead atoms. The Labute approximate surface area is 87.7 Å². The lowest BCUT2D eigenvalue weighted by molar-refractivity contribution is -0.137. The molecular weight excluding hydrogens is 194 g/mol. The maximum Gasteiger partial charge on any atom is 0.305 e. The Morgan fingerprint density at radius 1 is 1.47 bits per heavy atom. The third-order valence-corrected chi connectivity index (χ3v) is 2.03. The van der Waals surface area contributed by atoms with Crippen molar-refractivity contribution >= 4 is 11.8 Å². The lowest BCUT2D eigenvalue weighted by Crippen LogP contribution is -2.32. The molecule has 0 spiro atoms. The van der Waals surface area contributed by atoms with Crippen molar-refractivity contribution in [3.05, 3.63) is 35.4 Å². The van der Waals surface area contributed by atoms with Gasteiger partial charge in [0, 0.05) is 5.56 Å². The molecule has 0 amide bonds. The first kappa shape index (κ1) is 11.4. The topological polar surface area (TPSA) is 80.4 Å². The van der Waals surface area contributed by atoms with Crippen molar-refractivity contribution < 1.29 is 14.7 Å². The number of Topliss-reactive ketones (excluding diaryl/α,β-unsaturated/α-hetero) is 1. The predicted octanol–water partition coefficient (Wildman–Crippen LogP) is 0.980. The fraction of sp³-hybridized carbons (Fsp3) is 0.273. The highest BCUT2D eigenvalue weighted by Crippen LogP contribution is 2.07. The minimum absolute atomic E-state index is 0.332. The van der Waals surface area contributed by atoms with Crippen LogP contribution in [0.3, 0.4) is 0 Å². The van der Waals surface area contributed by atoms with Gasteiger partial charge in [0.1, 0.15) is 0 Å². The standard InChI is InChI=1S/C11H13NO3/c1-7-3-2-4-8(5-7)11(15)9(12)6-10(13)14/h2-5,9H,6,12H2,1H3,(H,13,14). The molecule has 0 aliphatic heterocycles. The maximum atomic E-state index is 11.6. The van der Waals surface area contributed by atoms with E-state index in [0.29, 0.717) is 5.56 Å². The molecule has 3 N–H and O–H groups in total. The van der Waals surface area contributed by atoms with Crippen LogP contribution < -0.4 is 5.73 Å². The summed E-state index contributed by atoms with van der Waals surface area (Å²) in [5.74, 6) is -1.40. The summed E-state index contributed by atoms with van der Waals surface area (Å²) in [7, 11) is 0. The molecule has 0 aliphatic rings. The zero-order valence-electron chi connectivity index (χ0n) is 8.43. The highest BCUT2D eigenvalue weighted by Gasteiger charge is 2.18. The summed E-state index contributed by atoms with van der Waals surface area (Å²) in [6, 6.07) is 5.97. The summed E-state index contributed by atoms with van der Waals surface area (Å²) in [6.45, 7) is 1.86. The molecule has 1 atom stereocenters. The lowest BCUT2D eigenvalue weighted by Gasteiger charge is -2.08. The second kappa shape index (κ2) is 4.70. The van der Waals surface area contributed by atoms with E-state index in [0.717, 1.165) is 5.56 Å². The molecule has 80 valence electrons. The Bertz CT molecular complexity index is 387. The number of carbonyl (C=O) groups excluding carboxylic acids is 1. The molecule has 1 aromatic rings. The van der Waals surface area contributed by atoms with Crippen molar-refractivity contribution in [1.29, 1.82) is 0 Å². The molecule has 1 aromatic carbocycles. The van der Waals surface area contributed by atoms with E-state index >= 15 is 0 Å². The van der Waals surface area contributed by atoms with E-state index in [1.165, 1.54) is 0 Å². The Morgan fingerprint density at radius 2 is 2.13 bits per heavy atom. The Morgan fingerprint density at radius 3 is 2.67 bits per heavy atom. The van der Waals surface area contributed by atoms with Crippen LogP contribution >= 0.6 is 0 Å². The fourth-order valence-electron chi connectivity index (χ4n) is 1.29. The van der Waals surface area contributed by atoms with Crippen molar-refractivity contribution in [1.82, 2.24) is 0 Å². The number of carbonyl (C=O) groups is 2. The minimum Gasteiger partial charge on any atom is -0.481 e. The first-order chi connectivity index (χ1) is 7.00. The van der Waals surface area contributed by atoms with Gasteiger partial charge >= 0.3 is 5.97 Å². The van der Waals surface area contributed by atoms with Gasteiger partial charge in [-0.2, -0.15) is 0 Å². The Kier molecular flexibility index (Phi) is 3.57. The molecule has 0 saturated carbocycles. The van der Waals surface area contributed by atoms with E-state index in [4.69, 9.17) is 10.8 Å². The number of aliphatic carboxylic acids is 1. The summed E-state index contributed by atoms with van der Waals surface area (Å²) in [6.07, 6.45) is -0.341. The van der Waals surface area contributed by atoms with Gasteiger partial charge in [0.15, 0.2) is 5.78 Å². The quantitative estimate of drug-likeness (QED) is 0.721. The highest BCUT2D eigenvalue weighted by atomic mass is 16.4. The van der Waals surface area contributed by atoms with Crippen LogP contribution in [0.15, 0.2) is 24.3 Å². The third-order valence-electron chi connectivity index (χ3n) is 2.03. The molecule has 4 heteroatoms. The summed E-state index contributed by atoms with van der Waals surface area (Å²) >= 11 is 0. The van der Waals surface area contributed by atoms with Crippen LogP contribution in [0.4, 0.5) is 0 Å². The zero-order chi connectivity index (χ0) is 11.4. The monoisotopic (exact) mass is 207 g/mol. The molecule has 0 fully saturated rings. The van der Waals surface area contributed by atoms with Gasteiger partial charge in [-0.05, 0) is 13.0 Å². The Hall–Kier alpha value is -1.68. The summed E-state index contributed by atoms with van der Waals surface area (Å²) in [4.78, 5) is 22.0. The fourth-order valence-corrected chi connectivity index (χ4v) is 1.29. The van der Waals surface area contributed by atoms with Crippen LogP contribution in [0.2, 0.25) is 0 Å². The van der Waals surface area contributed by atoms with Gasteiger partial charge in [-0.15, -0.1) is 0 Å². The molecule has 15 heavy (non-hydrogen) atoms. The predicted molar refractivity (Wildman–Crippen MR) is 55.7 cm³/mol. The van der Waals surface area contributed by atoms with Crippen molar-refractivity contribution in [3.8, 4) is 0 Å². The van der Waals surface area contributed by atoms with Gasteiger partial charge in [-0.3, -0.25) is 9.59 Å². The van der Waals surface area contributed by atoms with Crippen molar-refractivity contribution in [2.45, 2.75) is 19.4 Å². The second-order valence-electron chi connectivity index (χ2n) is 3.44. The molecule has 1 rings (SSSR count). The smallest absolute Gasteiger partial charge is 0.305 e. The summed E-state index contributed by atoms with van der Waals surface area (Å²) in [5.41, 5.74) is 6.88. The van der Waals surface area contributed by atoms with Gasteiger partial charge in [0.25, 0.3) is 0 Å². The summed E-state index contributed by atoms with van der Waals surface area (Å²) in [5, 5.41) is 8.50. The number of hydrogen-bond acceptors (Lipinski definition) is 3. The number of hydrogen-bond donors (Lipinski definition) is 2. The Balaban J connectivity index is 2.80. The molecule has 0 aromatic heterocycles. The molecule has 0 heterocycles. The SMILES string of the molecule is Cc1cccc(C(=O)C(N)CC(=O)O)c1.